The van der Waals surface area contributed by atoms with Gasteiger partial charge in [0.25, 0.3) is 0 Å². The van der Waals surface area contributed by atoms with Gasteiger partial charge in [0.05, 0.1) is 11.6 Å². The van der Waals surface area contributed by atoms with E-state index in [-0.39, 0.29) is 0 Å². The second-order valence-electron chi connectivity index (χ2n) is 8.95. The van der Waals surface area contributed by atoms with Crippen LogP contribution in [0.3, 0.4) is 0 Å². The molecule has 1 unspecified atom stereocenters. The Morgan fingerprint density at radius 3 is 2.32 bits per heavy atom. The number of nitriles is 1. The summed E-state index contributed by atoms with van der Waals surface area (Å²) < 4.78 is 8.52. The van der Waals surface area contributed by atoms with Crippen molar-refractivity contribution in [1.29, 1.82) is 5.26 Å². The quantitative estimate of drug-likeness (QED) is 0.579. The molecule has 0 radical (unpaired) electrons. The second-order valence-corrected chi connectivity index (χ2v) is 8.95. The first-order chi connectivity index (χ1) is 14.9. The monoisotopic (exact) mass is 416 g/mol. The SMILES string of the molecule is Cc1c(C)n(CC(C)CN2CCN(C)CC2)c2ccc(Oc3ccc(C#N)cc3)cc12. The van der Waals surface area contributed by atoms with Crippen molar-refractivity contribution < 1.29 is 4.74 Å². The molecule has 0 spiro atoms. The van der Waals surface area contributed by atoms with Gasteiger partial charge < -0.3 is 19.1 Å². The average Bonchev–Trinajstić information content (AvgIpc) is 3.00. The molecule has 31 heavy (non-hydrogen) atoms. The van der Waals surface area contributed by atoms with Gasteiger partial charge in [-0.05, 0) is 74.8 Å². The third-order valence-corrected chi connectivity index (χ3v) is 6.49. The first kappa shape index (κ1) is 21.4. The summed E-state index contributed by atoms with van der Waals surface area (Å²) in [6.45, 7) is 13.6. The molecular weight excluding hydrogens is 384 g/mol. The Labute approximate surface area is 185 Å². The molecule has 0 aliphatic carbocycles. The Bertz CT molecular complexity index is 1090. The number of hydrogen-bond donors (Lipinski definition) is 0. The molecule has 1 fully saturated rings. The molecular formula is C26H32N4O. The first-order valence-electron chi connectivity index (χ1n) is 11.1. The smallest absolute Gasteiger partial charge is 0.128 e. The van der Waals surface area contributed by atoms with Crippen molar-refractivity contribution in [2.75, 3.05) is 39.8 Å². The summed E-state index contributed by atoms with van der Waals surface area (Å²) in [4.78, 5) is 5.01. The van der Waals surface area contributed by atoms with Gasteiger partial charge in [0.1, 0.15) is 11.5 Å². The highest BCUT2D eigenvalue weighted by Gasteiger charge is 2.18. The number of ether oxygens (including phenoxy) is 1. The summed E-state index contributed by atoms with van der Waals surface area (Å²) >= 11 is 0. The molecule has 1 aromatic heterocycles. The van der Waals surface area contributed by atoms with Crippen LogP contribution in [-0.4, -0.2) is 54.1 Å². The van der Waals surface area contributed by atoms with Crippen LogP contribution in [0.5, 0.6) is 11.5 Å². The molecule has 1 atom stereocenters. The van der Waals surface area contributed by atoms with Crippen molar-refractivity contribution >= 4 is 10.9 Å². The highest BCUT2D eigenvalue weighted by molar-refractivity contribution is 5.86. The molecule has 1 saturated heterocycles. The molecule has 2 heterocycles. The van der Waals surface area contributed by atoms with E-state index in [1.165, 1.54) is 48.3 Å². The van der Waals surface area contributed by atoms with Gasteiger partial charge in [-0.25, -0.2) is 0 Å². The lowest BCUT2D eigenvalue weighted by molar-refractivity contribution is 0.135. The van der Waals surface area contributed by atoms with Crippen LogP contribution in [0.1, 0.15) is 23.7 Å². The molecule has 5 nitrogen and oxygen atoms in total. The van der Waals surface area contributed by atoms with E-state index in [1.807, 2.05) is 18.2 Å². The van der Waals surface area contributed by atoms with Gasteiger partial charge in [0.2, 0.25) is 0 Å². The number of likely N-dealkylation sites (N-methyl/N-ethyl adjacent to an activating group) is 1. The lowest BCUT2D eigenvalue weighted by Gasteiger charge is -2.34. The van der Waals surface area contributed by atoms with Crippen molar-refractivity contribution in [3.8, 4) is 17.6 Å². The molecule has 0 saturated carbocycles. The van der Waals surface area contributed by atoms with Crippen LogP contribution < -0.4 is 4.74 Å². The summed E-state index contributed by atoms with van der Waals surface area (Å²) in [7, 11) is 2.21. The van der Waals surface area contributed by atoms with Crippen LogP contribution in [0.2, 0.25) is 0 Å². The largest absolute Gasteiger partial charge is 0.457 e. The third kappa shape index (κ3) is 4.76. The molecule has 1 aliphatic rings. The molecule has 0 N–H and O–H groups in total. The fourth-order valence-corrected chi connectivity index (χ4v) is 4.50. The van der Waals surface area contributed by atoms with Gasteiger partial charge in [-0.15, -0.1) is 0 Å². The van der Waals surface area contributed by atoms with Crippen LogP contribution in [0, 0.1) is 31.1 Å². The normalized spacial score (nSPS) is 16.4. The van der Waals surface area contributed by atoms with Crippen molar-refractivity contribution in [2.24, 2.45) is 5.92 Å². The van der Waals surface area contributed by atoms with Gasteiger partial charge in [-0.3, -0.25) is 0 Å². The molecule has 4 rings (SSSR count). The Kier molecular flexibility index (Phi) is 6.31. The minimum Gasteiger partial charge on any atom is -0.457 e. The van der Waals surface area contributed by atoms with Crippen molar-refractivity contribution in [2.45, 2.75) is 27.3 Å². The number of fused-ring (bicyclic) bond motifs is 1. The van der Waals surface area contributed by atoms with Crippen LogP contribution >= 0.6 is 0 Å². The fraction of sp³-hybridized carbons (Fsp3) is 0.423. The van der Waals surface area contributed by atoms with Gasteiger partial charge >= 0.3 is 0 Å². The van der Waals surface area contributed by atoms with E-state index in [4.69, 9.17) is 10.00 Å². The zero-order chi connectivity index (χ0) is 22.0. The first-order valence-corrected chi connectivity index (χ1v) is 11.1. The lowest BCUT2D eigenvalue weighted by Crippen LogP contribution is -2.46. The van der Waals surface area contributed by atoms with Gasteiger partial charge in [-0.1, -0.05) is 6.92 Å². The summed E-state index contributed by atoms with van der Waals surface area (Å²) in [5, 5.41) is 10.2. The molecule has 0 amide bonds. The number of hydrogen-bond acceptors (Lipinski definition) is 4. The topological polar surface area (TPSA) is 44.4 Å². The predicted molar refractivity (Wildman–Crippen MR) is 126 cm³/mol. The summed E-state index contributed by atoms with van der Waals surface area (Å²) in [5.74, 6) is 2.16. The molecule has 3 aromatic rings. The van der Waals surface area contributed by atoms with Crippen LogP contribution in [0.25, 0.3) is 10.9 Å². The molecule has 2 aromatic carbocycles. The molecule has 1 aliphatic heterocycles. The average molecular weight is 417 g/mol. The van der Waals surface area contributed by atoms with Crippen LogP contribution in [0.15, 0.2) is 42.5 Å². The molecule has 0 bridgehead atoms. The van der Waals surface area contributed by atoms with E-state index in [0.29, 0.717) is 11.5 Å². The van der Waals surface area contributed by atoms with Crippen molar-refractivity contribution in [3.05, 3.63) is 59.3 Å². The van der Waals surface area contributed by atoms with E-state index < -0.39 is 0 Å². The Hall–Kier alpha value is -2.81. The van der Waals surface area contributed by atoms with E-state index >= 15 is 0 Å². The summed E-state index contributed by atoms with van der Waals surface area (Å²) in [6.07, 6.45) is 0. The van der Waals surface area contributed by atoms with E-state index in [1.54, 1.807) is 12.1 Å². The zero-order valence-corrected chi connectivity index (χ0v) is 19.1. The number of nitrogens with zero attached hydrogens (tertiary/aromatic N) is 4. The standard InChI is InChI=1S/C26H32N4O/c1-19(17-29-13-11-28(4)12-14-29)18-30-21(3)20(2)25-15-24(9-10-26(25)30)31-23-7-5-22(16-27)6-8-23/h5-10,15,19H,11-14,17-18H2,1-4H3. The van der Waals surface area contributed by atoms with E-state index in [2.05, 4.69) is 60.4 Å². The lowest BCUT2D eigenvalue weighted by atomic mass is 10.1. The van der Waals surface area contributed by atoms with Crippen LogP contribution in [-0.2, 0) is 6.54 Å². The van der Waals surface area contributed by atoms with Gasteiger partial charge in [0, 0.05) is 55.9 Å². The van der Waals surface area contributed by atoms with Crippen molar-refractivity contribution in [1.82, 2.24) is 14.4 Å². The Morgan fingerprint density at radius 1 is 0.968 bits per heavy atom. The Morgan fingerprint density at radius 2 is 1.65 bits per heavy atom. The highest BCUT2D eigenvalue weighted by atomic mass is 16.5. The number of benzene rings is 2. The fourth-order valence-electron chi connectivity index (χ4n) is 4.50. The maximum Gasteiger partial charge on any atom is 0.128 e. The zero-order valence-electron chi connectivity index (χ0n) is 19.1. The Balaban J connectivity index is 1.50. The number of rotatable bonds is 6. The predicted octanol–water partition coefficient (Wildman–Crippen LogP) is 4.81. The number of aromatic nitrogens is 1. The number of piperazine rings is 1. The molecule has 162 valence electrons. The third-order valence-electron chi connectivity index (χ3n) is 6.49. The van der Waals surface area contributed by atoms with Crippen LogP contribution in [0.4, 0.5) is 0 Å². The summed E-state index contributed by atoms with van der Waals surface area (Å²) in [5.41, 5.74) is 4.55. The van der Waals surface area contributed by atoms with E-state index in [9.17, 15) is 0 Å². The van der Waals surface area contributed by atoms with Crippen molar-refractivity contribution in [3.63, 3.8) is 0 Å². The highest BCUT2D eigenvalue weighted by Crippen LogP contribution is 2.31. The molecule has 5 heteroatoms. The van der Waals surface area contributed by atoms with Gasteiger partial charge in [0.15, 0.2) is 0 Å². The van der Waals surface area contributed by atoms with E-state index in [0.717, 1.165) is 24.6 Å². The van der Waals surface area contributed by atoms with Gasteiger partial charge in [-0.2, -0.15) is 5.26 Å². The maximum absolute atomic E-state index is 8.96. The minimum absolute atomic E-state index is 0.590. The summed E-state index contributed by atoms with van der Waals surface area (Å²) in [6, 6.07) is 15.7. The maximum atomic E-state index is 8.96. The second kappa shape index (κ2) is 9.13. The minimum atomic E-state index is 0.590. The number of aryl methyl sites for hydroxylation is 1.